The van der Waals surface area contributed by atoms with Gasteiger partial charge in [-0.25, -0.2) is 0 Å². The summed E-state index contributed by atoms with van der Waals surface area (Å²) in [5.41, 5.74) is 1.63. The van der Waals surface area contributed by atoms with Crippen molar-refractivity contribution in [3.05, 3.63) is 47.5 Å². The van der Waals surface area contributed by atoms with Gasteiger partial charge in [-0.2, -0.15) is 0 Å². The second-order valence-electron chi connectivity index (χ2n) is 5.05. The van der Waals surface area contributed by atoms with E-state index in [0.29, 0.717) is 6.61 Å². The van der Waals surface area contributed by atoms with Crippen LogP contribution in [-0.2, 0) is 16.1 Å². The topological polar surface area (TPSA) is 26.3 Å². The van der Waals surface area contributed by atoms with Gasteiger partial charge in [-0.15, -0.1) is 0 Å². The van der Waals surface area contributed by atoms with Gasteiger partial charge in [0.15, 0.2) is 0 Å². The van der Waals surface area contributed by atoms with Crippen LogP contribution in [0.3, 0.4) is 0 Å². The van der Waals surface area contributed by atoms with Gasteiger partial charge >= 0.3 is 5.97 Å². The van der Waals surface area contributed by atoms with Crippen LogP contribution in [0, 0.1) is 5.41 Å². The number of carbonyl (C=O) groups excluding carboxylic acids is 1. The number of rotatable bonds is 5. The standard InChI is InChI=1S/C16H22O2/c1-5-16(4,11-13(2)3)15(17)18-12-14-9-7-6-8-10-14/h6-11H,5,12H2,1-4H3. The maximum Gasteiger partial charge on any atom is 0.315 e. The maximum atomic E-state index is 12.1. The Kier molecular flexibility index (Phi) is 5.14. The summed E-state index contributed by atoms with van der Waals surface area (Å²) < 4.78 is 5.40. The third-order valence-electron chi connectivity index (χ3n) is 3.02. The summed E-state index contributed by atoms with van der Waals surface area (Å²) in [5.74, 6) is -0.157. The Labute approximate surface area is 110 Å². The van der Waals surface area contributed by atoms with E-state index in [0.717, 1.165) is 17.6 Å². The monoisotopic (exact) mass is 246 g/mol. The minimum Gasteiger partial charge on any atom is -0.460 e. The van der Waals surface area contributed by atoms with E-state index in [9.17, 15) is 4.79 Å². The first-order valence-corrected chi connectivity index (χ1v) is 6.35. The lowest BCUT2D eigenvalue weighted by Crippen LogP contribution is -2.27. The van der Waals surface area contributed by atoms with Gasteiger partial charge in [0.25, 0.3) is 0 Å². The highest BCUT2D eigenvalue weighted by Gasteiger charge is 2.30. The highest BCUT2D eigenvalue weighted by atomic mass is 16.5. The summed E-state index contributed by atoms with van der Waals surface area (Å²) in [6.07, 6.45) is 2.73. The normalized spacial score (nSPS) is 13.6. The summed E-state index contributed by atoms with van der Waals surface area (Å²) in [7, 11) is 0. The lowest BCUT2D eigenvalue weighted by atomic mass is 9.86. The number of esters is 1. The quantitative estimate of drug-likeness (QED) is 0.577. The van der Waals surface area contributed by atoms with E-state index < -0.39 is 5.41 Å². The van der Waals surface area contributed by atoms with Crippen molar-refractivity contribution in [2.75, 3.05) is 0 Å². The molecule has 18 heavy (non-hydrogen) atoms. The van der Waals surface area contributed by atoms with E-state index in [1.165, 1.54) is 0 Å². The Bertz CT molecular complexity index is 416. The van der Waals surface area contributed by atoms with E-state index in [1.54, 1.807) is 0 Å². The Balaban J connectivity index is 2.67. The van der Waals surface area contributed by atoms with Gasteiger partial charge in [0.2, 0.25) is 0 Å². The van der Waals surface area contributed by atoms with E-state index in [-0.39, 0.29) is 5.97 Å². The van der Waals surface area contributed by atoms with Crippen LogP contribution in [0.5, 0.6) is 0 Å². The molecule has 2 nitrogen and oxygen atoms in total. The van der Waals surface area contributed by atoms with Crippen LogP contribution in [-0.4, -0.2) is 5.97 Å². The van der Waals surface area contributed by atoms with Crippen LogP contribution >= 0.6 is 0 Å². The lowest BCUT2D eigenvalue weighted by Gasteiger charge is -2.22. The molecule has 0 fully saturated rings. The minimum absolute atomic E-state index is 0.157. The van der Waals surface area contributed by atoms with Gasteiger partial charge in [-0.3, -0.25) is 4.79 Å². The average Bonchev–Trinajstić information content (AvgIpc) is 2.36. The molecule has 0 saturated carbocycles. The molecule has 1 aromatic rings. The van der Waals surface area contributed by atoms with Crippen molar-refractivity contribution in [2.24, 2.45) is 5.41 Å². The summed E-state index contributed by atoms with van der Waals surface area (Å²) >= 11 is 0. The van der Waals surface area contributed by atoms with E-state index >= 15 is 0 Å². The molecule has 2 heteroatoms. The molecule has 1 unspecified atom stereocenters. The molecule has 0 aliphatic heterocycles. The van der Waals surface area contributed by atoms with E-state index in [1.807, 2.05) is 64.1 Å². The van der Waals surface area contributed by atoms with Crippen LogP contribution < -0.4 is 0 Å². The largest absolute Gasteiger partial charge is 0.460 e. The van der Waals surface area contributed by atoms with Crippen LogP contribution in [0.25, 0.3) is 0 Å². The average molecular weight is 246 g/mol. The zero-order chi connectivity index (χ0) is 13.6. The Hall–Kier alpha value is -1.57. The molecule has 0 amide bonds. The number of hydrogen-bond donors (Lipinski definition) is 0. The smallest absolute Gasteiger partial charge is 0.315 e. The van der Waals surface area contributed by atoms with Crippen molar-refractivity contribution in [3.8, 4) is 0 Å². The molecule has 1 aromatic carbocycles. The molecule has 0 saturated heterocycles. The second-order valence-corrected chi connectivity index (χ2v) is 5.05. The molecule has 98 valence electrons. The molecular formula is C16H22O2. The van der Waals surface area contributed by atoms with Crippen LogP contribution in [0.2, 0.25) is 0 Å². The Morgan fingerprint density at radius 2 is 1.89 bits per heavy atom. The van der Waals surface area contributed by atoms with Crippen LogP contribution in [0.1, 0.15) is 39.7 Å². The third-order valence-corrected chi connectivity index (χ3v) is 3.02. The predicted octanol–water partition coefficient (Wildman–Crippen LogP) is 4.11. The molecule has 0 N–H and O–H groups in total. The predicted molar refractivity (Wildman–Crippen MR) is 74.1 cm³/mol. The van der Waals surface area contributed by atoms with Crippen molar-refractivity contribution < 1.29 is 9.53 Å². The fourth-order valence-corrected chi connectivity index (χ4v) is 1.83. The molecular weight excluding hydrogens is 224 g/mol. The molecule has 0 aromatic heterocycles. The fourth-order valence-electron chi connectivity index (χ4n) is 1.83. The van der Waals surface area contributed by atoms with Crippen LogP contribution in [0.4, 0.5) is 0 Å². The third kappa shape index (κ3) is 4.02. The van der Waals surface area contributed by atoms with Crippen molar-refractivity contribution >= 4 is 5.97 Å². The Morgan fingerprint density at radius 1 is 1.28 bits per heavy atom. The first-order chi connectivity index (χ1) is 8.48. The molecule has 1 rings (SSSR count). The molecule has 1 atom stereocenters. The number of benzene rings is 1. The van der Waals surface area contributed by atoms with Gasteiger partial charge in [-0.1, -0.05) is 48.9 Å². The van der Waals surface area contributed by atoms with Gasteiger partial charge in [0, 0.05) is 0 Å². The van der Waals surface area contributed by atoms with E-state index in [2.05, 4.69) is 0 Å². The maximum absolute atomic E-state index is 12.1. The van der Waals surface area contributed by atoms with Gasteiger partial charge in [-0.05, 0) is 32.8 Å². The molecule has 0 radical (unpaired) electrons. The molecule has 0 bridgehead atoms. The van der Waals surface area contributed by atoms with E-state index in [4.69, 9.17) is 4.74 Å². The zero-order valence-corrected chi connectivity index (χ0v) is 11.7. The van der Waals surface area contributed by atoms with Crippen molar-refractivity contribution in [1.29, 1.82) is 0 Å². The number of ether oxygens (including phenoxy) is 1. The summed E-state index contributed by atoms with van der Waals surface area (Å²) in [4.78, 5) is 12.1. The number of allylic oxidation sites excluding steroid dienone is 1. The Morgan fingerprint density at radius 3 is 2.39 bits per heavy atom. The number of carbonyl (C=O) groups is 1. The molecule has 0 spiro atoms. The minimum atomic E-state index is -0.520. The fraction of sp³-hybridized carbons (Fsp3) is 0.438. The van der Waals surface area contributed by atoms with Gasteiger partial charge < -0.3 is 4.74 Å². The van der Waals surface area contributed by atoms with Gasteiger partial charge in [0.05, 0.1) is 5.41 Å². The molecule has 0 aliphatic rings. The molecule has 0 heterocycles. The first kappa shape index (κ1) is 14.5. The summed E-state index contributed by atoms with van der Waals surface area (Å²) in [5, 5.41) is 0. The van der Waals surface area contributed by atoms with Crippen molar-refractivity contribution in [1.82, 2.24) is 0 Å². The summed E-state index contributed by atoms with van der Waals surface area (Å²) in [6, 6.07) is 9.75. The SMILES string of the molecule is CCC(C)(C=C(C)C)C(=O)OCc1ccccc1. The first-order valence-electron chi connectivity index (χ1n) is 6.35. The number of hydrogen-bond acceptors (Lipinski definition) is 2. The summed E-state index contributed by atoms with van der Waals surface area (Å²) in [6.45, 7) is 8.26. The van der Waals surface area contributed by atoms with Crippen molar-refractivity contribution in [3.63, 3.8) is 0 Å². The van der Waals surface area contributed by atoms with Crippen LogP contribution in [0.15, 0.2) is 42.0 Å². The highest BCUT2D eigenvalue weighted by molar-refractivity contribution is 5.78. The van der Waals surface area contributed by atoms with Crippen molar-refractivity contribution in [2.45, 2.75) is 40.7 Å². The molecule has 0 aliphatic carbocycles. The second kappa shape index (κ2) is 6.39. The lowest BCUT2D eigenvalue weighted by molar-refractivity contribution is -0.153. The van der Waals surface area contributed by atoms with Gasteiger partial charge in [0.1, 0.15) is 6.61 Å². The zero-order valence-electron chi connectivity index (χ0n) is 11.7. The highest BCUT2D eigenvalue weighted by Crippen LogP contribution is 2.27.